The Kier molecular flexibility index (Phi) is 4.76. The van der Waals surface area contributed by atoms with Crippen LogP contribution in [0.4, 0.5) is 5.69 Å². The van der Waals surface area contributed by atoms with Crippen LogP contribution in [-0.2, 0) is 16.2 Å². The Morgan fingerprint density at radius 1 is 0.935 bits per heavy atom. The van der Waals surface area contributed by atoms with Crippen LogP contribution in [0.15, 0.2) is 78.4 Å². The molecule has 2 aliphatic rings. The second kappa shape index (κ2) is 7.87. The number of nitrogens with zero attached hydrogens (tertiary/aromatic N) is 1. The second-order valence-electron chi connectivity index (χ2n) is 6.99. The first kappa shape index (κ1) is 18.7. The molecule has 1 N–H and O–H groups in total. The third kappa shape index (κ3) is 3.69. The van der Waals surface area contributed by atoms with Crippen LogP contribution in [0.3, 0.4) is 0 Å². The Bertz CT molecular complexity index is 1190. The fraction of sp³-hybridized carbons (Fsp3) is 0.0833. The molecule has 0 bridgehead atoms. The lowest BCUT2D eigenvalue weighted by atomic mass is 10.1. The Labute approximate surface area is 178 Å². The molecule has 0 spiro atoms. The van der Waals surface area contributed by atoms with Gasteiger partial charge >= 0.3 is 0 Å². The van der Waals surface area contributed by atoms with Crippen molar-refractivity contribution < 1.29 is 23.8 Å². The molecule has 31 heavy (non-hydrogen) atoms. The molecule has 3 aromatic rings. The predicted octanol–water partition coefficient (Wildman–Crippen LogP) is 3.46. The third-order valence-corrected chi connectivity index (χ3v) is 4.96. The minimum Gasteiger partial charge on any atom is -0.488 e. The van der Waals surface area contributed by atoms with Gasteiger partial charge in [0.1, 0.15) is 17.9 Å². The van der Waals surface area contributed by atoms with Gasteiger partial charge < -0.3 is 14.2 Å². The average Bonchev–Trinajstić information content (AvgIpc) is 3.38. The highest BCUT2D eigenvalue weighted by Gasteiger charge is 2.34. The van der Waals surface area contributed by atoms with E-state index in [9.17, 15) is 9.59 Å². The Morgan fingerprint density at radius 3 is 2.58 bits per heavy atom. The van der Waals surface area contributed by atoms with Gasteiger partial charge in [-0.2, -0.15) is 0 Å². The smallest absolute Gasteiger partial charge is 0.282 e. The molecule has 5 rings (SSSR count). The number of carbonyl (C=O) groups excluding carboxylic acids is 2. The van der Waals surface area contributed by atoms with E-state index in [-0.39, 0.29) is 12.4 Å². The van der Waals surface area contributed by atoms with Crippen LogP contribution in [0.2, 0.25) is 0 Å². The van der Waals surface area contributed by atoms with Crippen molar-refractivity contribution in [1.29, 1.82) is 0 Å². The molecular formula is C24H18N2O5. The van der Waals surface area contributed by atoms with Gasteiger partial charge in [-0.05, 0) is 42.0 Å². The van der Waals surface area contributed by atoms with Crippen LogP contribution in [0.5, 0.6) is 17.2 Å². The number of benzene rings is 3. The normalized spacial score (nSPS) is 16.0. The zero-order valence-electron chi connectivity index (χ0n) is 16.4. The number of hydrogen-bond donors (Lipinski definition) is 1. The number of ether oxygens (including phenoxy) is 3. The van der Waals surface area contributed by atoms with Crippen molar-refractivity contribution in [3.63, 3.8) is 0 Å². The molecule has 0 atom stereocenters. The summed E-state index contributed by atoms with van der Waals surface area (Å²) in [5.41, 5.74) is 4.79. The number of fused-ring (bicyclic) bond motifs is 1. The molecule has 0 unspecified atom stereocenters. The fourth-order valence-electron chi connectivity index (χ4n) is 3.39. The maximum Gasteiger partial charge on any atom is 0.282 e. The summed E-state index contributed by atoms with van der Waals surface area (Å²) in [6, 6.07) is 21.8. The molecular weight excluding hydrogens is 396 g/mol. The van der Waals surface area contributed by atoms with E-state index in [0.29, 0.717) is 35.1 Å². The maximum atomic E-state index is 12.8. The lowest BCUT2D eigenvalue weighted by Crippen LogP contribution is -2.35. The standard InChI is InChI=1S/C24H18N2O5/c27-23-19(24(28)26(25-23)18-7-2-1-3-8-18)13-17-6-4-5-9-20(17)29-14-16-10-11-21-22(12-16)31-15-30-21/h1-13H,14-15H2,(H,25,27). The summed E-state index contributed by atoms with van der Waals surface area (Å²) in [6.45, 7) is 0.513. The molecule has 0 saturated carbocycles. The molecule has 1 saturated heterocycles. The van der Waals surface area contributed by atoms with Crippen molar-refractivity contribution in [1.82, 2.24) is 5.43 Å². The number of para-hydroxylation sites is 2. The van der Waals surface area contributed by atoms with Crippen LogP contribution in [0, 0.1) is 0 Å². The Morgan fingerprint density at radius 2 is 1.71 bits per heavy atom. The predicted molar refractivity (Wildman–Crippen MR) is 113 cm³/mol. The van der Waals surface area contributed by atoms with Gasteiger partial charge in [-0.25, -0.2) is 5.01 Å². The van der Waals surface area contributed by atoms with Crippen molar-refractivity contribution in [2.24, 2.45) is 0 Å². The van der Waals surface area contributed by atoms with E-state index < -0.39 is 11.8 Å². The highest BCUT2D eigenvalue weighted by molar-refractivity contribution is 6.31. The number of amides is 2. The summed E-state index contributed by atoms with van der Waals surface area (Å²) in [4.78, 5) is 25.3. The fourth-order valence-corrected chi connectivity index (χ4v) is 3.39. The summed E-state index contributed by atoms with van der Waals surface area (Å²) < 4.78 is 16.7. The molecule has 2 amide bonds. The molecule has 2 aliphatic heterocycles. The minimum atomic E-state index is -0.459. The highest BCUT2D eigenvalue weighted by atomic mass is 16.7. The Balaban J connectivity index is 1.37. The molecule has 7 heteroatoms. The summed E-state index contributed by atoms with van der Waals surface area (Å²) in [5, 5.41) is 1.24. The van der Waals surface area contributed by atoms with Crippen LogP contribution in [0.25, 0.3) is 6.08 Å². The van der Waals surface area contributed by atoms with E-state index in [4.69, 9.17) is 14.2 Å². The number of rotatable bonds is 5. The van der Waals surface area contributed by atoms with Crippen molar-refractivity contribution in [3.8, 4) is 17.2 Å². The molecule has 0 radical (unpaired) electrons. The average molecular weight is 414 g/mol. The van der Waals surface area contributed by atoms with Crippen molar-refractivity contribution in [2.75, 3.05) is 11.8 Å². The topological polar surface area (TPSA) is 77.1 Å². The highest BCUT2D eigenvalue weighted by Crippen LogP contribution is 2.33. The van der Waals surface area contributed by atoms with Crippen LogP contribution in [0.1, 0.15) is 11.1 Å². The number of anilines is 1. The minimum absolute atomic E-state index is 0.0444. The maximum absolute atomic E-state index is 12.8. The van der Waals surface area contributed by atoms with E-state index in [0.717, 1.165) is 5.56 Å². The van der Waals surface area contributed by atoms with E-state index in [2.05, 4.69) is 5.43 Å². The van der Waals surface area contributed by atoms with Gasteiger partial charge in [0.25, 0.3) is 11.8 Å². The van der Waals surface area contributed by atoms with Crippen molar-refractivity contribution in [3.05, 3.63) is 89.5 Å². The molecule has 0 aromatic heterocycles. The molecule has 1 fully saturated rings. The van der Waals surface area contributed by atoms with Crippen LogP contribution in [-0.4, -0.2) is 18.6 Å². The summed E-state index contributed by atoms with van der Waals surface area (Å²) in [7, 11) is 0. The van der Waals surface area contributed by atoms with Crippen molar-refractivity contribution in [2.45, 2.75) is 6.61 Å². The lowest BCUT2D eigenvalue weighted by molar-refractivity contribution is -0.117. The SMILES string of the molecule is O=C1NN(c2ccccc2)C(=O)C1=Cc1ccccc1OCc1ccc2c(c1)OCO2. The van der Waals surface area contributed by atoms with E-state index >= 15 is 0 Å². The van der Waals surface area contributed by atoms with Gasteiger partial charge in [0, 0.05) is 5.56 Å². The van der Waals surface area contributed by atoms with Gasteiger partial charge in [-0.1, -0.05) is 42.5 Å². The molecule has 3 aromatic carbocycles. The first-order chi connectivity index (χ1) is 15.2. The van der Waals surface area contributed by atoms with E-state index in [1.807, 2.05) is 36.4 Å². The summed E-state index contributed by atoms with van der Waals surface area (Å²) in [5.74, 6) is 1.08. The monoisotopic (exact) mass is 414 g/mol. The molecule has 2 heterocycles. The third-order valence-electron chi connectivity index (χ3n) is 4.96. The first-order valence-electron chi connectivity index (χ1n) is 9.71. The van der Waals surface area contributed by atoms with Gasteiger partial charge in [-0.15, -0.1) is 0 Å². The zero-order chi connectivity index (χ0) is 21.2. The molecule has 0 aliphatic carbocycles. The quantitative estimate of drug-likeness (QED) is 0.511. The lowest BCUT2D eigenvalue weighted by Gasteiger charge is -2.14. The number of hydrogen-bond acceptors (Lipinski definition) is 5. The first-order valence-corrected chi connectivity index (χ1v) is 9.71. The number of nitrogens with one attached hydrogen (secondary N) is 1. The van der Waals surface area contributed by atoms with Gasteiger partial charge in [-0.3, -0.25) is 15.0 Å². The van der Waals surface area contributed by atoms with Crippen LogP contribution < -0.4 is 24.6 Å². The van der Waals surface area contributed by atoms with Crippen LogP contribution >= 0.6 is 0 Å². The van der Waals surface area contributed by atoms with E-state index in [1.165, 1.54) is 5.01 Å². The largest absolute Gasteiger partial charge is 0.488 e. The van der Waals surface area contributed by atoms with Gasteiger partial charge in [0.2, 0.25) is 6.79 Å². The zero-order valence-corrected chi connectivity index (χ0v) is 16.4. The van der Waals surface area contributed by atoms with Gasteiger partial charge in [0.15, 0.2) is 11.5 Å². The van der Waals surface area contributed by atoms with Gasteiger partial charge in [0.05, 0.1) is 5.69 Å². The van der Waals surface area contributed by atoms with E-state index in [1.54, 1.807) is 42.5 Å². The second-order valence-corrected chi connectivity index (χ2v) is 6.99. The summed E-state index contributed by atoms with van der Waals surface area (Å²) >= 11 is 0. The summed E-state index contributed by atoms with van der Waals surface area (Å²) in [6.07, 6.45) is 1.55. The Hall–Kier alpha value is -4.26. The number of hydrazine groups is 1. The van der Waals surface area contributed by atoms with Crippen molar-refractivity contribution >= 4 is 23.6 Å². The number of carbonyl (C=O) groups is 2. The molecule has 154 valence electrons. The molecule has 7 nitrogen and oxygen atoms in total.